The van der Waals surface area contributed by atoms with Crippen LogP contribution in [-0.4, -0.2) is 25.8 Å². The first kappa shape index (κ1) is 14.6. The Hall–Kier alpha value is -1.42. The van der Waals surface area contributed by atoms with Crippen molar-refractivity contribution in [3.8, 4) is 6.07 Å². The molecule has 98 valence electrons. The highest BCUT2D eigenvalue weighted by atomic mass is 32.2. The second kappa shape index (κ2) is 6.50. The van der Waals surface area contributed by atoms with E-state index in [-0.39, 0.29) is 0 Å². The van der Waals surface area contributed by atoms with Gasteiger partial charge >= 0.3 is 0 Å². The van der Waals surface area contributed by atoms with Crippen molar-refractivity contribution in [2.24, 2.45) is 0 Å². The molecule has 1 atom stereocenters. The van der Waals surface area contributed by atoms with E-state index in [1.54, 1.807) is 0 Å². The number of benzene rings is 1. The Morgan fingerprint density at radius 3 is 2.72 bits per heavy atom. The zero-order chi connectivity index (χ0) is 13.6. The van der Waals surface area contributed by atoms with E-state index in [2.05, 4.69) is 35.7 Å². The fraction of sp³-hybridized carbons (Fsp3) is 0.417. The van der Waals surface area contributed by atoms with E-state index in [1.807, 2.05) is 0 Å². The standard InChI is InChI=1S/C11H12N2.CH4O3S/c12-7-8-13-11-6-5-9-3-1-2-4-10(9)11;1-5(2,3)4/h1-4,11,13H,5-6,8H2;1H3,(H,2,3,4)/t11-;/m1./s1. The van der Waals surface area contributed by atoms with Crippen molar-refractivity contribution >= 4 is 10.1 Å². The maximum absolute atomic E-state index is 9.19. The molecular formula is C12H16N2O3S. The molecule has 6 heteroatoms. The van der Waals surface area contributed by atoms with E-state index in [9.17, 15) is 8.42 Å². The first-order chi connectivity index (χ1) is 8.42. The molecule has 0 saturated heterocycles. The van der Waals surface area contributed by atoms with Crippen LogP contribution in [0.1, 0.15) is 23.6 Å². The summed E-state index contributed by atoms with van der Waals surface area (Å²) in [4.78, 5) is 0. The van der Waals surface area contributed by atoms with Gasteiger partial charge in [0.1, 0.15) is 0 Å². The minimum Gasteiger partial charge on any atom is -0.298 e. The highest BCUT2D eigenvalue weighted by Crippen LogP contribution is 2.30. The van der Waals surface area contributed by atoms with Crippen molar-refractivity contribution in [2.45, 2.75) is 18.9 Å². The Labute approximate surface area is 107 Å². The molecule has 0 aromatic heterocycles. The molecule has 0 amide bonds. The second-order valence-corrected chi connectivity index (χ2v) is 5.53. The van der Waals surface area contributed by atoms with E-state index in [1.165, 1.54) is 11.1 Å². The molecule has 0 fully saturated rings. The molecular weight excluding hydrogens is 252 g/mol. The number of hydrogen-bond acceptors (Lipinski definition) is 4. The molecule has 1 aromatic carbocycles. The van der Waals surface area contributed by atoms with Crippen LogP contribution in [0.3, 0.4) is 0 Å². The molecule has 0 unspecified atom stereocenters. The average molecular weight is 268 g/mol. The summed E-state index contributed by atoms with van der Waals surface area (Å²) in [6, 6.07) is 11.0. The summed E-state index contributed by atoms with van der Waals surface area (Å²) in [5.41, 5.74) is 2.80. The lowest BCUT2D eigenvalue weighted by Gasteiger charge is -2.10. The molecule has 1 aliphatic rings. The van der Waals surface area contributed by atoms with Crippen LogP contribution in [0.15, 0.2) is 24.3 Å². The third-order valence-corrected chi connectivity index (χ3v) is 2.56. The molecule has 2 rings (SSSR count). The molecule has 5 nitrogen and oxygen atoms in total. The lowest BCUT2D eigenvalue weighted by atomic mass is 10.1. The van der Waals surface area contributed by atoms with Gasteiger partial charge in [0.15, 0.2) is 0 Å². The van der Waals surface area contributed by atoms with Gasteiger partial charge < -0.3 is 0 Å². The Kier molecular flexibility index (Phi) is 5.28. The molecule has 0 aliphatic heterocycles. The number of aryl methyl sites for hydroxylation is 1. The third-order valence-electron chi connectivity index (χ3n) is 2.56. The first-order valence-electron chi connectivity index (χ1n) is 5.52. The van der Waals surface area contributed by atoms with Crippen LogP contribution in [0, 0.1) is 11.3 Å². The zero-order valence-electron chi connectivity index (χ0n) is 10.1. The van der Waals surface area contributed by atoms with Crippen LogP contribution in [0.2, 0.25) is 0 Å². The minimum atomic E-state index is -3.67. The maximum Gasteiger partial charge on any atom is 0.261 e. The lowest BCUT2D eigenvalue weighted by Crippen LogP contribution is -2.19. The minimum absolute atomic E-state index is 0.399. The van der Waals surface area contributed by atoms with Gasteiger partial charge in [-0.2, -0.15) is 13.7 Å². The highest BCUT2D eigenvalue weighted by Gasteiger charge is 2.20. The summed E-state index contributed by atoms with van der Waals surface area (Å²) in [6.07, 6.45) is 2.98. The number of nitrogens with zero attached hydrogens (tertiary/aromatic N) is 1. The van der Waals surface area contributed by atoms with Gasteiger partial charge in [-0.1, -0.05) is 24.3 Å². The van der Waals surface area contributed by atoms with E-state index >= 15 is 0 Å². The Balaban J connectivity index is 0.000000280. The van der Waals surface area contributed by atoms with Crippen molar-refractivity contribution in [3.63, 3.8) is 0 Å². The fourth-order valence-electron chi connectivity index (χ4n) is 1.94. The number of fused-ring (bicyclic) bond motifs is 1. The largest absolute Gasteiger partial charge is 0.298 e. The van der Waals surface area contributed by atoms with E-state index in [0.29, 0.717) is 18.8 Å². The summed E-state index contributed by atoms with van der Waals surface area (Å²) in [5, 5.41) is 11.7. The predicted octanol–water partition coefficient (Wildman–Crippen LogP) is 1.29. The number of nitriles is 1. The van der Waals surface area contributed by atoms with Gasteiger partial charge in [0.05, 0.1) is 18.9 Å². The monoisotopic (exact) mass is 268 g/mol. The van der Waals surface area contributed by atoms with Crippen LogP contribution in [0.4, 0.5) is 0 Å². The Morgan fingerprint density at radius 2 is 2.11 bits per heavy atom. The number of hydrogen-bond donors (Lipinski definition) is 2. The van der Waals surface area contributed by atoms with Gasteiger partial charge in [-0.05, 0) is 24.0 Å². The lowest BCUT2D eigenvalue weighted by molar-refractivity contribution is 0.490. The predicted molar refractivity (Wildman–Crippen MR) is 68.6 cm³/mol. The van der Waals surface area contributed by atoms with Crippen molar-refractivity contribution in [3.05, 3.63) is 35.4 Å². The van der Waals surface area contributed by atoms with E-state index in [0.717, 1.165) is 12.8 Å². The van der Waals surface area contributed by atoms with Crippen molar-refractivity contribution in [1.29, 1.82) is 5.26 Å². The summed E-state index contributed by atoms with van der Waals surface area (Å²) in [7, 11) is -3.67. The van der Waals surface area contributed by atoms with Crippen LogP contribution in [-0.2, 0) is 16.5 Å². The summed E-state index contributed by atoms with van der Waals surface area (Å²) >= 11 is 0. The summed E-state index contributed by atoms with van der Waals surface area (Å²) in [5.74, 6) is 0. The normalized spacial score (nSPS) is 17.3. The quantitative estimate of drug-likeness (QED) is 0.623. The maximum atomic E-state index is 9.19. The Morgan fingerprint density at radius 1 is 1.50 bits per heavy atom. The summed E-state index contributed by atoms with van der Waals surface area (Å²) in [6.45, 7) is 0.443. The smallest absolute Gasteiger partial charge is 0.261 e. The zero-order valence-corrected chi connectivity index (χ0v) is 10.9. The van der Waals surface area contributed by atoms with Gasteiger partial charge in [0.25, 0.3) is 10.1 Å². The van der Waals surface area contributed by atoms with Gasteiger partial charge in [-0.15, -0.1) is 0 Å². The molecule has 0 radical (unpaired) electrons. The average Bonchev–Trinajstić information content (AvgIpc) is 2.67. The van der Waals surface area contributed by atoms with Gasteiger partial charge in [-0.25, -0.2) is 0 Å². The van der Waals surface area contributed by atoms with Crippen LogP contribution >= 0.6 is 0 Å². The molecule has 18 heavy (non-hydrogen) atoms. The number of rotatable bonds is 2. The summed E-state index contributed by atoms with van der Waals surface area (Å²) < 4.78 is 25.9. The van der Waals surface area contributed by atoms with Gasteiger partial charge in [-0.3, -0.25) is 9.87 Å². The van der Waals surface area contributed by atoms with Crippen LogP contribution in [0.25, 0.3) is 0 Å². The second-order valence-electron chi connectivity index (χ2n) is 4.06. The first-order valence-corrected chi connectivity index (χ1v) is 7.37. The van der Waals surface area contributed by atoms with E-state index in [4.69, 9.17) is 9.81 Å². The fourth-order valence-corrected chi connectivity index (χ4v) is 1.94. The van der Waals surface area contributed by atoms with Gasteiger partial charge in [0.2, 0.25) is 0 Å². The molecule has 0 bridgehead atoms. The van der Waals surface area contributed by atoms with Crippen LogP contribution < -0.4 is 5.32 Å². The SMILES string of the molecule is CS(=O)(=O)O.N#CCN[C@@H]1CCc2ccccc21. The third kappa shape index (κ3) is 5.27. The molecule has 0 saturated carbocycles. The van der Waals surface area contributed by atoms with Gasteiger partial charge in [0, 0.05) is 6.04 Å². The highest BCUT2D eigenvalue weighted by molar-refractivity contribution is 7.85. The topological polar surface area (TPSA) is 90.2 Å². The molecule has 0 spiro atoms. The molecule has 1 aliphatic carbocycles. The van der Waals surface area contributed by atoms with Crippen molar-refractivity contribution < 1.29 is 13.0 Å². The van der Waals surface area contributed by atoms with Crippen molar-refractivity contribution in [2.75, 3.05) is 12.8 Å². The molecule has 0 heterocycles. The molecule has 2 N–H and O–H groups in total. The van der Waals surface area contributed by atoms with Crippen molar-refractivity contribution in [1.82, 2.24) is 5.32 Å². The molecule has 1 aromatic rings. The Bertz CT molecular complexity index is 526. The number of nitrogens with one attached hydrogen (secondary N) is 1. The van der Waals surface area contributed by atoms with E-state index < -0.39 is 10.1 Å². The van der Waals surface area contributed by atoms with Crippen LogP contribution in [0.5, 0.6) is 0 Å².